The number of nitrogens with one attached hydrogen (secondary N) is 2. The molecule has 1 atom stereocenters. The van der Waals surface area contributed by atoms with E-state index < -0.39 is 12.2 Å². The number of halogens is 2. The van der Waals surface area contributed by atoms with Gasteiger partial charge in [0, 0.05) is 30.4 Å². The van der Waals surface area contributed by atoms with Gasteiger partial charge in [0.2, 0.25) is 0 Å². The number of benzene rings is 1. The molecule has 3 heterocycles. The highest BCUT2D eigenvalue weighted by Crippen LogP contribution is 2.38. The zero-order chi connectivity index (χ0) is 17.4. The Morgan fingerprint density at radius 3 is 3.12 bits per heavy atom. The second-order valence-corrected chi connectivity index (χ2v) is 6.42. The van der Waals surface area contributed by atoms with E-state index in [0.29, 0.717) is 28.7 Å². The van der Waals surface area contributed by atoms with Gasteiger partial charge in [0.15, 0.2) is 12.1 Å². The molecule has 132 valence electrons. The van der Waals surface area contributed by atoms with E-state index in [1.807, 2.05) is 6.07 Å². The van der Waals surface area contributed by atoms with E-state index in [2.05, 4.69) is 16.1 Å². The highest BCUT2D eigenvalue weighted by molar-refractivity contribution is 6.38. The van der Waals surface area contributed by atoms with Gasteiger partial charge in [0.05, 0.1) is 16.3 Å². The van der Waals surface area contributed by atoms with E-state index >= 15 is 0 Å². The highest BCUT2D eigenvalue weighted by Gasteiger charge is 2.38. The Bertz CT molecular complexity index is 764. The van der Waals surface area contributed by atoms with Gasteiger partial charge in [-0.2, -0.15) is 0 Å². The van der Waals surface area contributed by atoms with Crippen molar-refractivity contribution < 1.29 is 14.4 Å². The first kappa shape index (κ1) is 16.6. The predicted molar refractivity (Wildman–Crippen MR) is 93.0 cm³/mol. The van der Waals surface area contributed by atoms with E-state index in [-0.39, 0.29) is 0 Å². The van der Waals surface area contributed by atoms with Crippen LogP contribution in [0.1, 0.15) is 24.8 Å². The van der Waals surface area contributed by atoms with Crippen molar-refractivity contribution in [3.8, 4) is 0 Å². The number of nitrogens with zero attached hydrogens (tertiary/aromatic N) is 3. The van der Waals surface area contributed by atoms with Crippen LogP contribution in [0.25, 0.3) is 6.08 Å². The number of amidine groups is 1. The number of rotatable bonds is 3. The monoisotopic (exact) mass is 383 g/mol. The Morgan fingerprint density at radius 1 is 1.44 bits per heavy atom. The summed E-state index contributed by atoms with van der Waals surface area (Å²) in [6.45, 7) is 0.626. The second kappa shape index (κ2) is 6.81. The predicted octanol–water partition coefficient (Wildman–Crippen LogP) is 2.32. The first-order chi connectivity index (χ1) is 12.1. The van der Waals surface area contributed by atoms with Crippen LogP contribution in [0.4, 0.5) is 5.69 Å². The molecule has 0 bridgehead atoms. The van der Waals surface area contributed by atoms with E-state index in [1.54, 1.807) is 18.2 Å². The van der Waals surface area contributed by atoms with Crippen LogP contribution in [-0.4, -0.2) is 29.3 Å². The summed E-state index contributed by atoms with van der Waals surface area (Å²) in [6.07, 6.45) is 3.99. The van der Waals surface area contributed by atoms with Crippen molar-refractivity contribution in [2.24, 2.45) is 5.10 Å². The van der Waals surface area contributed by atoms with Crippen LogP contribution >= 0.6 is 23.4 Å². The number of carbonyl (C=O) groups excluding carboxylic acids is 1. The molecule has 4 rings (SSSR count). The fourth-order valence-corrected chi connectivity index (χ4v) is 3.32. The lowest BCUT2D eigenvalue weighted by Crippen LogP contribution is -2.45. The SMILES string of the molecule is O=C(NOC1CCCCO1)C1=Cc2cccc(Cl)c2N2C1=NNN2Cl. The summed E-state index contributed by atoms with van der Waals surface area (Å²) < 4.78 is 6.57. The van der Waals surface area contributed by atoms with Crippen LogP contribution in [0.3, 0.4) is 0 Å². The number of hydrogen-bond donors (Lipinski definition) is 2. The number of anilines is 1. The Balaban J connectivity index is 1.59. The molecular weight excluding hydrogens is 369 g/mol. The Labute approximate surface area is 153 Å². The molecule has 0 spiro atoms. The summed E-state index contributed by atoms with van der Waals surface area (Å²) in [5, 5.41) is 6.10. The standard InChI is InChI=1S/C15H15Cl2N5O3/c16-11-5-3-4-9-8-10(14-18-20-22(17)21(14)13(9)11)15(23)19-25-12-6-1-2-7-24-12/h3-5,8,12,20H,1-2,6-7H2,(H,19,23). The molecule has 2 N–H and O–H groups in total. The molecule has 10 heteroatoms. The molecule has 1 aromatic carbocycles. The third kappa shape index (κ3) is 3.07. The van der Waals surface area contributed by atoms with E-state index in [4.69, 9.17) is 33.0 Å². The van der Waals surface area contributed by atoms with Gasteiger partial charge in [-0.15, -0.1) is 5.10 Å². The van der Waals surface area contributed by atoms with Crippen LogP contribution in [0, 0.1) is 0 Å². The summed E-state index contributed by atoms with van der Waals surface area (Å²) in [6, 6.07) is 5.37. The van der Waals surface area contributed by atoms with Crippen molar-refractivity contribution in [3.63, 3.8) is 0 Å². The maximum atomic E-state index is 12.6. The number of hydroxylamine groups is 1. The molecule has 1 unspecified atom stereocenters. The van der Waals surface area contributed by atoms with Crippen LogP contribution in [0.5, 0.6) is 0 Å². The molecule has 0 radical (unpaired) electrons. The Kier molecular flexibility index (Phi) is 4.53. The zero-order valence-electron chi connectivity index (χ0n) is 13.0. The smallest absolute Gasteiger partial charge is 0.278 e. The van der Waals surface area contributed by atoms with Crippen molar-refractivity contribution >= 4 is 46.9 Å². The number of hydrogen-bond acceptors (Lipinski definition) is 7. The minimum absolute atomic E-state index is 0.293. The fraction of sp³-hybridized carbons (Fsp3) is 0.333. The average Bonchev–Trinajstić information content (AvgIpc) is 3.02. The summed E-state index contributed by atoms with van der Waals surface area (Å²) in [7, 11) is 0. The van der Waals surface area contributed by atoms with Gasteiger partial charge in [-0.05, 0) is 29.6 Å². The van der Waals surface area contributed by atoms with Crippen LogP contribution in [0.2, 0.25) is 5.02 Å². The Hall–Kier alpha value is -1.84. The van der Waals surface area contributed by atoms with Gasteiger partial charge in [-0.3, -0.25) is 4.79 Å². The molecule has 3 aliphatic rings. The Morgan fingerprint density at radius 2 is 2.32 bits per heavy atom. The average molecular weight is 384 g/mol. The van der Waals surface area contributed by atoms with Crippen LogP contribution in [0.15, 0.2) is 28.9 Å². The molecule has 1 fully saturated rings. The molecule has 1 amide bonds. The van der Waals surface area contributed by atoms with Crippen molar-refractivity contribution in [1.29, 1.82) is 0 Å². The van der Waals surface area contributed by atoms with E-state index in [0.717, 1.165) is 29.5 Å². The number of ether oxygens (including phenoxy) is 1. The van der Waals surface area contributed by atoms with Gasteiger partial charge >= 0.3 is 0 Å². The molecule has 8 nitrogen and oxygen atoms in total. The lowest BCUT2D eigenvalue weighted by atomic mass is 10.0. The van der Waals surface area contributed by atoms with Gasteiger partial charge in [-0.1, -0.05) is 23.7 Å². The molecule has 0 aromatic heterocycles. The van der Waals surface area contributed by atoms with Crippen LogP contribution < -0.4 is 16.0 Å². The molecule has 3 aliphatic heterocycles. The minimum atomic E-state index is -0.447. The number of fused-ring (bicyclic) bond motifs is 3. The van der Waals surface area contributed by atoms with Gasteiger partial charge in [0.25, 0.3) is 5.91 Å². The first-order valence-electron chi connectivity index (χ1n) is 7.82. The number of amides is 1. The normalized spacial score (nSPS) is 22.5. The number of carbonyl (C=O) groups is 1. The quantitative estimate of drug-likeness (QED) is 0.615. The fourth-order valence-electron chi connectivity index (χ4n) is 2.87. The topological polar surface area (TPSA) is 78.4 Å². The summed E-state index contributed by atoms with van der Waals surface area (Å²) in [5.41, 5.74) is 6.68. The number of para-hydroxylation sites is 1. The molecular formula is C15H15Cl2N5O3. The van der Waals surface area contributed by atoms with Gasteiger partial charge in [-0.25, -0.2) is 20.9 Å². The van der Waals surface area contributed by atoms with Crippen LogP contribution in [-0.2, 0) is 14.4 Å². The second-order valence-electron chi connectivity index (χ2n) is 5.69. The molecule has 1 aromatic rings. The largest absolute Gasteiger partial charge is 0.350 e. The van der Waals surface area contributed by atoms with E-state index in [9.17, 15) is 4.79 Å². The first-order valence-corrected chi connectivity index (χ1v) is 8.54. The number of hydrazine groups is 2. The maximum Gasteiger partial charge on any atom is 0.278 e. The lowest BCUT2D eigenvalue weighted by molar-refractivity contribution is -0.198. The summed E-state index contributed by atoms with van der Waals surface area (Å²) in [4.78, 5) is 18.0. The third-order valence-electron chi connectivity index (χ3n) is 4.05. The molecule has 0 saturated carbocycles. The van der Waals surface area contributed by atoms with Crippen molar-refractivity contribution in [1.82, 2.24) is 15.7 Å². The number of hydrazone groups is 1. The molecule has 0 aliphatic carbocycles. The highest BCUT2D eigenvalue weighted by atomic mass is 35.5. The van der Waals surface area contributed by atoms with Crippen molar-refractivity contribution in [2.45, 2.75) is 25.6 Å². The zero-order valence-corrected chi connectivity index (χ0v) is 14.5. The van der Waals surface area contributed by atoms with Crippen molar-refractivity contribution in [3.05, 3.63) is 34.4 Å². The van der Waals surface area contributed by atoms with Crippen molar-refractivity contribution in [2.75, 3.05) is 11.6 Å². The molecule has 25 heavy (non-hydrogen) atoms. The molecule has 1 saturated heterocycles. The third-order valence-corrected chi connectivity index (χ3v) is 4.58. The maximum absolute atomic E-state index is 12.6. The summed E-state index contributed by atoms with van der Waals surface area (Å²) >= 11 is 12.4. The van der Waals surface area contributed by atoms with Gasteiger partial charge in [0.1, 0.15) is 0 Å². The minimum Gasteiger partial charge on any atom is -0.350 e. The summed E-state index contributed by atoms with van der Waals surface area (Å²) in [5.74, 6) is -0.126. The van der Waals surface area contributed by atoms with Gasteiger partial charge < -0.3 is 4.74 Å². The lowest BCUT2D eigenvalue weighted by Gasteiger charge is -2.30. The van der Waals surface area contributed by atoms with E-state index in [1.165, 1.54) is 5.01 Å².